The summed E-state index contributed by atoms with van der Waals surface area (Å²) in [4.78, 5) is 0. The van der Waals surface area contributed by atoms with Crippen LogP contribution in [0.3, 0.4) is 0 Å². The fraction of sp³-hybridized carbons (Fsp3) is 0.368. The zero-order valence-electron chi connectivity index (χ0n) is 15.6. The zero-order valence-corrected chi connectivity index (χ0v) is 16.5. The van der Waals surface area contributed by atoms with E-state index < -0.39 is 13.4 Å². The van der Waals surface area contributed by atoms with Crippen molar-refractivity contribution in [1.29, 1.82) is 0 Å². The number of hydrogen-bond acceptors (Lipinski definition) is 6. The highest BCUT2D eigenvalue weighted by atomic mass is 31.2. The van der Waals surface area contributed by atoms with Crippen LogP contribution in [0.5, 0.6) is 11.5 Å². The Hall–Kier alpha value is -2.01. The number of hydrogen-bond donors (Lipinski definition) is 1. The van der Waals surface area contributed by atoms with E-state index >= 15 is 0 Å². The van der Waals surface area contributed by atoms with Gasteiger partial charge in [0.05, 0.1) is 27.4 Å². The molecule has 0 saturated heterocycles. The molecule has 6 nitrogen and oxygen atoms in total. The van der Waals surface area contributed by atoms with Crippen molar-refractivity contribution in [3.8, 4) is 11.5 Å². The first-order chi connectivity index (χ1) is 12.6. The van der Waals surface area contributed by atoms with E-state index in [-0.39, 0.29) is 13.2 Å². The Balaban J connectivity index is 2.54. The van der Waals surface area contributed by atoms with Crippen LogP contribution in [-0.2, 0) is 13.6 Å². The van der Waals surface area contributed by atoms with Gasteiger partial charge in [-0.25, -0.2) is 0 Å². The molecule has 1 atom stereocenters. The molecular formula is C19H26NO5P. The summed E-state index contributed by atoms with van der Waals surface area (Å²) >= 11 is 0. The minimum Gasteiger partial charge on any atom is -0.497 e. The lowest BCUT2D eigenvalue weighted by Gasteiger charge is -2.29. The molecule has 0 amide bonds. The summed E-state index contributed by atoms with van der Waals surface area (Å²) in [5.41, 5.74) is 1.47. The molecule has 2 aromatic carbocycles. The molecule has 0 spiro atoms. The van der Waals surface area contributed by atoms with Gasteiger partial charge in [-0.15, -0.1) is 0 Å². The second kappa shape index (κ2) is 9.62. The van der Waals surface area contributed by atoms with E-state index in [4.69, 9.17) is 18.5 Å². The van der Waals surface area contributed by atoms with E-state index in [9.17, 15) is 4.57 Å². The van der Waals surface area contributed by atoms with Crippen molar-refractivity contribution >= 4 is 13.3 Å². The fourth-order valence-corrected chi connectivity index (χ4v) is 4.56. The van der Waals surface area contributed by atoms with Gasteiger partial charge in [0.25, 0.3) is 0 Å². The van der Waals surface area contributed by atoms with Crippen molar-refractivity contribution in [3.05, 3.63) is 54.1 Å². The van der Waals surface area contributed by atoms with Gasteiger partial charge in [0.15, 0.2) is 5.78 Å². The Bertz CT molecular complexity index is 728. The maximum absolute atomic E-state index is 13.5. The van der Waals surface area contributed by atoms with Gasteiger partial charge in [0, 0.05) is 17.3 Å². The second-order valence-corrected chi connectivity index (χ2v) is 7.51. The first kappa shape index (κ1) is 20.3. The maximum atomic E-state index is 13.5. The minimum atomic E-state index is -3.51. The lowest BCUT2D eigenvalue weighted by atomic mass is 10.1. The molecule has 26 heavy (non-hydrogen) atoms. The minimum absolute atomic E-state index is 0.267. The maximum Gasteiger partial charge on any atom is 0.357 e. The van der Waals surface area contributed by atoms with E-state index in [2.05, 4.69) is 5.32 Å². The van der Waals surface area contributed by atoms with Crippen LogP contribution in [0.2, 0.25) is 0 Å². The molecule has 142 valence electrons. The number of benzene rings is 2. The van der Waals surface area contributed by atoms with Gasteiger partial charge >= 0.3 is 7.60 Å². The highest BCUT2D eigenvalue weighted by molar-refractivity contribution is 7.54. The van der Waals surface area contributed by atoms with Crippen molar-refractivity contribution < 1.29 is 23.1 Å². The molecule has 2 aromatic rings. The predicted octanol–water partition coefficient (Wildman–Crippen LogP) is 5.08. The zero-order chi connectivity index (χ0) is 19.0. The molecule has 0 saturated carbocycles. The molecule has 0 fully saturated rings. The van der Waals surface area contributed by atoms with Gasteiger partial charge in [-0.3, -0.25) is 4.57 Å². The lowest BCUT2D eigenvalue weighted by Crippen LogP contribution is -2.16. The normalized spacial score (nSPS) is 12.5. The molecule has 1 N–H and O–H groups in total. The third-order valence-electron chi connectivity index (χ3n) is 3.75. The average Bonchev–Trinajstić information content (AvgIpc) is 2.67. The van der Waals surface area contributed by atoms with Crippen LogP contribution in [0.4, 0.5) is 5.69 Å². The second-order valence-electron chi connectivity index (χ2n) is 5.40. The largest absolute Gasteiger partial charge is 0.497 e. The molecule has 0 aliphatic heterocycles. The first-order valence-electron chi connectivity index (χ1n) is 8.50. The van der Waals surface area contributed by atoms with E-state index in [1.807, 2.05) is 36.4 Å². The molecular weight excluding hydrogens is 353 g/mol. The molecule has 0 aromatic heterocycles. The van der Waals surface area contributed by atoms with Crippen LogP contribution in [0.25, 0.3) is 0 Å². The van der Waals surface area contributed by atoms with Crippen LogP contribution in [0, 0.1) is 0 Å². The van der Waals surface area contributed by atoms with Crippen LogP contribution < -0.4 is 14.8 Å². The SMILES string of the molecule is CCOP(=O)(OCC)[C@@H](Nc1ccccc1)c1ccc(OC)cc1OC. The monoisotopic (exact) mass is 379 g/mol. The summed E-state index contributed by atoms with van der Waals surface area (Å²) < 4.78 is 35.5. The Morgan fingerprint density at radius 3 is 2.15 bits per heavy atom. The van der Waals surface area contributed by atoms with Crippen LogP contribution in [0.15, 0.2) is 48.5 Å². The molecule has 2 rings (SSSR count). The third kappa shape index (κ3) is 4.79. The van der Waals surface area contributed by atoms with Crippen molar-refractivity contribution in [3.63, 3.8) is 0 Å². The summed E-state index contributed by atoms with van der Waals surface area (Å²) in [6, 6.07) is 14.9. The van der Waals surface area contributed by atoms with Crippen molar-refractivity contribution in [2.75, 3.05) is 32.8 Å². The molecule has 0 aliphatic carbocycles. The highest BCUT2D eigenvalue weighted by Crippen LogP contribution is 2.62. The van der Waals surface area contributed by atoms with Gasteiger partial charge in [-0.2, -0.15) is 0 Å². The first-order valence-corrected chi connectivity index (χ1v) is 10.1. The summed E-state index contributed by atoms with van der Waals surface area (Å²) in [6.07, 6.45) is 0. The number of ether oxygens (including phenoxy) is 2. The van der Waals surface area contributed by atoms with Gasteiger partial charge < -0.3 is 23.8 Å². The van der Waals surface area contributed by atoms with E-state index in [0.717, 1.165) is 5.69 Å². The Morgan fingerprint density at radius 2 is 1.62 bits per heavy atom. The fourth-order valence-electron chi connectivity index (χ4n) is 2.61. The molecule has 0 aliphatic rings. The van der Waals surface area contributed by atoms with Crippen molar-refractivity contribution in [2.45, 2.75) is 19.6 Å². The van der Waals surface area contributed by atoms with E-state index in [1.165, 1.54) is 0 Å². The van der Waals surface area contributed by atoms with Gasteiger partial charge in [0.2, 0.25) is 0 Å². The van der Waals surface area contributed by atoms with Crippen LogP contribution >= 0.6 is 7.60 Å². The summed E-state index contributed by atoms with van der Waals surface area (Å²) in [5, 5.41) is 3.28. The lowest BCUT2D eigenvalue weighted by molar-refractivity contribution is 0.213. The van der Waals surface area contributed by atoms with Gasteiger partial charge in [-0.1, -0.05) is 18.2 Å². The number of rotatable bonds is 10. The molecule has 0 unspecified atom stereocenters. The van der Waals surface area contributed by atoms with Crippen molar-refractivity contribution in [2.24, 2.45) is 0 Å². The van der Waals surface area contributed by atoms with E-state index in [1.54, 1.807) is 40.2 Å². The summed E-state index contributed by atoms with van der Waals surface area (Å²) in [6.45, 7) is 4.11. The van der Waals surface area contributed by atoms with Gasteiger partial charge in [0.1, 0.15) is 11.5 Å². The highest BCUT2D eigenvalue weighted by Gasteiger charge is 2.39. The van der Waals surface area contributed by atoms with Crippen LogP contribution in [0.1, 0.15) is 25.2 Å². The number of anilines is 1. The molecule has 0 radical (unpaired) electrons. The molecule has 0 heterocycles. The number of para-hydroxylation sites is 1. The summed E-state index contributed by atoms with van der Waals surface area (Å²) in [7, 11) is -0.370. The Morgan fingerprint density at radius 1 is 0.962 bits per heavy atom. The number of methoxy groups -OCH3 is 2. The third-order valence-corrected chi connectivity index (χ3v) is 6.02. The predicted molar refractivity (Wildman–Crippen MR) is 103 cm³/mol. The summed E-state index contributed by atoms with van der Waals surface area (Å²) in [5.74, 6) is 0.454. The number of nitrogens with one attached hydrogen (secondary N) is 1. The van der Waals surface area contributed by atoms with Crippen LogP contribution in [-0.4, -0.2) is 27.4 Å². The standard InChI is InChI=1S/C19H26NO5P/c1-5-24-26(21,25-6-2)19(20-15-10-8-7-9-11-15)17-13-12-16(22-3)14-18(17)23-4/h7-14,19-20H,5-6H2,1-4H3/t19-/m1/s1. The quantitative estimate of drug-likeness (QED) is 0.581. The smallest absolute Gasteiger partial charge is 0.357 e. The Labute approximate surface area is 155 Å². The molecule has 7 heteroatoms. The topological polar surface area (TPSA) is 66.0 Å². The van der Waals surface area contributed by atoms with Gasteiger partial charge in [-0.05, 0) is 38.1 Å². The Kier molecular flexibility index (Phi) is 7.51. The van der Waals surface area contributed by atoms with E-state index in [0.29, 0.717) is 17.1 Å². The average molecular weight is 379 g/mol. The van der Waals surface area contributed by atoms with Crippen molar-refractivity contribution in [1.82, 2.24) is 0 Å². The molecule has 0 bridgehead atoms.